The van der Waals surface area contributed by atoms with E-state index in [0.717, 1.165) is 17.7 Å². The van der Waals surface area contributed by atoms with Crippen molar-refractivity contribution in [1.82, 2.24) is 5.32 Å². The number of halogens is 3. The predicted molar refractivity (Wildman–Crippen MR) is 96.3 cm³/mol. The molecule has 1 saturated carbocycles. The summed E-state index contributed by atoms with van der Waals surface area (Å²) in [4.78, 5) is 0. The molecule has 5 heteroatoms. The van der Waals surface area contributed by atoms with E-state index in [1.165, 1.54) is 25.7 Å². The Bertz CT molecular complexity index is 619. The Kier molecular flexibility index (Phi) is 7.70. The van der Waals surface area contributed by atoms with Crippen LogP contribution in [0.25, 0.3) is 0 Å². The van der Waals surface area contributed by atoms with Gasteiger partial charge in [-0.1, -0.05) is 66.4 Å². The lowest BCUT2D eigenvalue weighted by molar-refractivity contribution is -0.00000487. The third-order valence-corrected chi connectivity index (χ3v) is 4.80. The Morgan fingerprint density at radius 1 is 0.958 bits per heavy atom. The van der Waals surface area contributed by atoms with Gasteiger partial charge in [-0.3, -0.25) is 0 Å². The van der Waals surface area contributed by atoms with E-state index in [2.05, 4.69) is 5.32 Å². The molecule has 2 aromatic carbocycles. The van der Waals surface area contributed by atoms with E-state index in [0.29, 0.717) is 28.4 Å². The van der Waals surface area contributed by atoms with Gasteiger partial charge in [-0.15, -0.1) is 0 Å². The van der Waals surface area contributed by atoms with Crippen molar-refractivity contribution >= 4 is 23.2 Å². The highest BCUT2D eigenvalue weighted by atomic mass is 35.5. The third-order valence-electron chi connectivity index (χ3n) is 4.23. The summed E-state index contributed by atoms with van der Waals surface area (Å²) >= 11 is 12.7. The SMILES string of the molecule is Clc1cc(CNC2CCCC2)cc(Cl)c1OCc1ccccc1.[Cl-]. The van der Waals surface area contributed by atoms with Crippen molar-refractivity contribution in [3.8, 4) is 5.75 Å². The van der Waals surface area contributed by atoms with Gasteiger partial charge in [0.2, 0.25) is 0 Å². The number of nitrogens with one attached hydrogen (secondary N) is 1. The summed E-state index contributed by atoms with van der Waals surface area (Å²) in [6.45, 7) is 1.25. The molecular formula is C19H21Cl3NO-. The van der Waals surface area contributed by atoms with E-state index in [1.54, 1.807) is 0 Å². The van der Waals surface area contributed by atoms with Crippen molar-refractivity contribution in [2.45, 2.75) is 44.9 Å². The summed E-state index contributed by atoms with van der Waals surface area (Å²) in [7, 11) is 0. The summed E-state index contributed by atoms with van der Waals surface area (Å²) in [6, 6.07) is 14.5. The molecule has 1 aliphatic carbocycles. The van der Waals surface area contributed by atoms with Crippen molar-refractivity contribution in [2.75, 3.05) is 0 Å². The van der Waals surface area contributed by atoms with Crippen molar-refractivity contribution in [2.24, 2.45) is 0 Å². The summed E-state index contributed by atoms with van der Waals surface area (Å²) in [5, 5.41) is 4.70. The van der Waals surface area contributed by atoms with Crippen LogP contribution < -0.4 is 22.5 Å². The van der Waals surface area contributed by atoms with Gasteiger partial charge in [0.05, 0.1) is 10.0 Å². The van der Waals surface area contributed by atoms with Crippen LogP contribution in [0.1, 0.15) is 36.8 Å². The Labute approximate surface area is 159 Å². The van der Waals surface area contributed by atoms with Crippen LogP contribution in [0.2, 0.25) is 10.0 Å². The molecule has 1 N–H and O–H groups in total. The van der Waals surface area contributed by atoms with E-state index in [9.17, 15) is 0 Å². The van der Waals surface area contributed by atoms with Gasteiger partial charge in [0.15, 0.2) is 5.75 Å². The Balaban J connectivity index is 0.00000208. The lowest BCUT2D eigenvalue weighted by Gasteiger charge is -2.14. The molecule has 2 nitrogen and oxygen atoms in total. The Hall–Kier alpha value is -0.930. The first-order valence-corrected chi connectivity index (χ1v) is 8.86. The maximum Gasteiger partial charge on any atom is 0.156 e. The summed E-state index contributed by atoms with van der Waals surface area (Å²) in [6.07, 6.45) is 5.18. The Morgan fingerprint density at radius 3 is 2.21 bits per heavy atom. The predicted octanol–water partition coefficient (Wildman–Crippen LogP) is 2.61. The minimum atomic E-state index is 0. The van der Waals surface area contributed by atoms with Crippen molar-refractivity contribution < 1.29 is 17.1 Å². The van der Waals surface area contributed by atoms with Crippen LogP contribution in [0.3, 0.4) is 0 Å². The molecule has 0 aliphatic heterocycles. The van der Waals surface area contributed by atoms with E-state index in [1.807, 2.05) is 42.5 Å². The van der Waals surface area contributed by atoms with Crippen LogP contribution in [0.15, 0.2) is 42.5 Å². The molecule has 1 aliphatic rings. The van der Waals surface area contributed by atoms with Crippen LogP contribution in [0, 0.1) is 0 Å². The molecule has 0 radical (unpaired) electrons. The van der Waals surface area contributed by atoms with Crippen molar-refractivity contribution in [3.63, 3.8) is 0 Å². The van der Waals surface area contributed by atoms with Crippen LogP contribution in [0.4, 0.5) is 0 Å². The van der Waals surface area contributed by atoms with Gasteiger partial charge in [-0.25, -0.2) is 0 Å². The van der Waals surface area contributed by atoms with Crippen LogP contribution in [0.5, 0.6) is 5.75 Å². The normalized spacial score (nSPS) is 14.4. The second-order valence-corrected chi connectivity index (χ2v) is 6.84. The molecule has 0 saturated heterocycles. The molecule has 1 fully saturated rings. The zero-order chi connectivity index (χ0) is 16.1. The van der Waals surface area contributed by atoms with Gasteiger partial charge >= 0.3 is 0 Å². The molecule has 0 heterocycles. The van der Waals surface area contributed by atoms with E-state index in [4.69, 9.17) is 27.9 Å². The molecule has 0 amide bonds. The van der Waals surface area contributed by atoms with Crippen molar-refractivity contribution in [3.05, 3.63) is 63.6 Å². The molecule has 0 aromatic heterocycles. The second-order valence-electron chi connectivity index (χ2n) is 6.03. The first kappa shape index (κ1) is 19.4. The third kappa shape index (κ3) is 5.29. The highest BCUT2D eigenvalue weighted by Crippen LogP contribution is 2.35. The highest BCUT2D eigenvalue weighted by molar-refractivity contribution is 6.37. The minimum Gasteiger partial charge on any atom is -1.00 e. The smallest absolute Gasteiger partial charge is 0.156 e. The van der Waals surface area contributed by atoms with Crippen LogP contribution >= 0.6 is 23.2 Å². The first-order chi connectivity index (χ1) is 11.2. The van der Waals surface area contributed by atoms with Gasteiger partial charge in [-0.2, -0.15) is 0 Å². The van der Waals surface area contributed by atoms with Crippen LogP contribution in [-0.2, 0) is 13.2 Å². The number of ether oxygens (including phenoxy) is 1. The number of rotatable bonds is 6. The lowest BCUT2D eigenvalue weighted by atomic mass is 10.2. The van der Waals surface area contributed by atoms with E-state index in [-0.39, 0.29) is 12.4 Å². The fourth-order valence-electron chi connectivity index (χ4n) is 2.97. The molecule has 24 heavy (non-hydrogen) atoms. The van der Waals surface area contributed by atoms with Gasteiger partial charge < -0.3 is 22.5 Å². The van der Waals surface area contributed by atoms with Gasteiger partial charge in [-0.05, 0) is 36.1 Å². The monoisotopic (exact) mass is 384 g/mol. The topological polar surface area (TPSA) is 21.3 Å². The van der Waals surface area contributed by atoms with Crippen molar-refractivity contribution in [1.29, 1.82) is 0 Å². The maximum atomic E-state index is 6.36. The molecule has 0 bridgehead atoms. The fraction of sp³-hybridized carbons (Fsp3) is 0.368. The van der Waals surface area contributed by atoms with Gasteiger partial charge in [0, 0.05) is 12.6 Å². The van der Waals surface area contributed by atoms with E-state index >= 15 is 0 Å². The second kappa shape index (κ2) is 9.53. The molecule has 3 rings (SSSR count). The number of hydrogen-bond donors (Lipinski definition) is 1. The average molecular weight is 386 g/mol. The molecule has 130 valence electrons. The number of benzene rings is 2. The first-order valence-electron chi connectivity index (χ1n) is 8.10. The largest absolute Gasteiger partial charge is 1.00 e. The molecule has 0 atom stereocenters. The zero-order valence-corrected chi connectivity index (χ0v) is 15.7. The Morgan fingerprint density at radius 2 is 1.58 bits per heavy atom. The summed E-state index contributed by atoms with van der Waals surface area (Å²) in [5.41, 5.74) is 2.19. The fourth-order valence-corrected chi connectivity index (χ4v) is 3.62. The molecule has 0 spiro atoms. The standard InChI is InChI=1S/C19H21Cl2NO.ClH/c20-17-10-15(12-22-16-8-4-5-9-16)11-18(21)19(17)23-13-14-6-2-1-3-7-14;/h1-3,6-7,10-11,16,22H,4-5,8-9,12-13H2;1H/p-1. The summed E-state index contributed by atoms with van der Waals surface area (Å²) in [5.74, 6) is 0.557. The molecule has 2 aromatic rings. The number of hydrogen-bond acceptors (Lipinski definition) is 2. The average Bonchev–Trinajstić information content (AvgIpc) is 3.06. The van der Waals surface area contributed by atoms with Crippen LogP contribution in [-0.4, -0.2) is 6.04 Å². The quantitative estimate of drug-likeness (QED) is 0.825. The highest BCUT2D eigenvalue weighted by Gasteiger charge is 2.15. The van der Waals surface area contributed by atoms with Gasteiger partial charge in [0.1, 0.15) is 6.61 Å². The lowest BCUT2D eigenvalue weighted by Crippen LogP contribution is -3.00. The maximum absolute atomic E-state index is 6.36. The molecular weight excluding hydrogens is 365 g/mol. The van der Waals surface area contributed by atoms with Gasteiger partial charge in [0.25, 0.3) is 0 Å². The zero-order valence-electron chi connectivity index (χ0n) is 13.4. The minimum absolute atomic E-state index is 0. The molecule has 0 unspecified atom stereocenters. The van der Waals surface area contributed by atoms with E-state index < -0.39 is 0 Å². The summed E-state index contributed by atoms with van der Waals surface area (Å²) < 4.78 is 5.80.